The number of aromatic nitrogens is 7. The number of aromatic hydroxyl groups is 3. The summed E-state index contributed by atoms with van der Waals surface area (Å²) >= 11 is 21.3. The normalized spacial score (nSPS) is 14.5. The molecule has 0 unspecified atom stereocenters. The molecule has 0 aliphatic carbocycles. The number of benzene rings is 6. The zero-order valence-electron chi connectivity index (χ0n) is 61.1. The Morgan fingerprint density at radius 3 is 1.17 bits per heavy atom. The summed E-state index contributed by atoms with van der Waals surface area (Å²) in [5.41, 5.74) is 4.33. The van der Waals surface area contributed by atoms with Crippen LogP contribution in [-0.2, 0) is 48.6 Å². The van der Waals surface area contributed by atoms with Crippen molar-refractivity contribution in [2.45, 2.75) is 71.3 Å². The number of ether oxygens (including phenoxy) is 3. The molecule has 0 radical (unpaired) electrons. The van der Waals surface area contributed by atoms with E-state index in [2.05, 4.69) is 20.3 Å². The molecule has 113 heavy (non-hydrogen) atoms. The predicted molar refractivity (Wildman–Crippen MR) is 426 cm³/mol. The number of nitro groups is 1. The molecule has 31 nitrogen and oxygen atoms in total. The number of hydrogen-bond donors (Lipinski definition) is 4. The molecule has 3 saturated heterocycles. The summed E-state index contributed by atoms with van der Waals surface area (Å²) in [6.07, 6.45) is 8.81. The topological polar surface area (TPSA) is 415 Å². The Morgan fingerprint density at radius 2 is 0.841 bits per heavy atom. The van der Waals surface area contributed by atoms with Crippen LogP contribution in [0.5, 0.6) is 34.5 Å². The van der Waals surface area contributed by atoms with Gasteiger partial charge in [-0.15, -0.1) is 0 Å². The van der Waals surface area contributed by atoms with Gasteiger partial charge in [0.05, 0.1) is 72.7 Å². The third kappa shape index (κ3) is 21.6. The second-order valence-corrected chi connectivity index (χ2v) is 34.0. The van der Waals surface area contributed by atoms with Crippen molar-refractivity contribution in [2.75, 3.05) is 65.9 Å². The Hall–Kier alpha value is -8.38. The van der Waals surface area contributed by atoms with Crippen molar-refractivity contribution in [1.82, 2.24) is 47.0 Å². The molecule has 3 fully saturated rings. The van der Waals surface area contributed by atoms with Crippen molar-refractivity contribution >= 4 is 167 Å². The first-order valence-corrected chi connectivity index (χ1v) is 50.8. The Bertz CT molecular complexity index is 5610. The molecular formula is C72H71Cl3N12Na2O19S5. The minimum atomic E-state index is -3.70. The van der Waals surface area contributed by atoms with Gasteiger partial charge in [-0.05, 0) is 160 Å². The number of para-hydroxylation sites is 3. The van der Waals surface area contributed by atoms with Crippen molar-refractivity contribution < 1.29 is 81.3 Å². The molecule has 14 rings (SSSR count). The number of phenolic OH excluding ortho intramolecular Hbond substituents is 3. The zero-order valence-corrected chi connectivity index (χ0v) is 71.4. The van der Waals surface area contributed by atoms with E-state index in [9.17, 15) is 50.4 Å². The monoisotopic (exact) mass is 1720 g/mol. The third-order valence-corrected chi connectivity index (χ3v) is 25.5. The quantitative estimate of drug-likeness (QED) is 0.0285. The van der Waals surface area contributed by atoms with Crippen LogP contribution in [0.3, 0.4) is 0 Å². The number of sulfonamides is 3. The Kier molecular flexibility index (Phi) is 31.9. The van der Waals surface area contributed by atoms with Gasteiger partial charge < -0.3 is 44.0 Å². The van der Waals surface area contributed by atoms with E-state index in [-0.39, 0.29) is 89.7 Å². The summed E-state index contributed by atoms with van der Waals surface area (Å²) in [5, 5.41) is 44.7. The SMILES string of the molecule is COc1ccc(S(=O)(=O)N2CCC(Nc3ncccc3[N+](=O)[O-])CC2)cc1Cl.COc1ccc(S(=O)(=O)N2CCC(n3c(-c4ccccc4O)nc4cccnc43)CC2)cc1Cl.COc1ccc(S(=O)(=O)N2CCC(n3c(-c4ccccc4O)nc4cccnc43)CC2)cc1Cl.O=Cc1ccccc1O.O=S(=O)=S(=O)=O.[Na][Na]. The van der Waals surface area contributed by atoms with Gasteiger partial charge in [0.2, 0.25) is 35.9 Å². The van der Waals surface area contributed by atoms with E-state index < -0.39 is 53.5 Å². The first kappa shape index (κ1) is 88.6. The fourth-order valence-electron chi connectivity index (χ4n) is 12.5. The molecule has 0 saturated carbocycles. The van der Waals surface area contributed by atoms with Crippen LogP contribution in [0, 0.1) is 10.1 Å². The van der Waals surface area contributed by atoms with Gasteiger partial charge in [0.25, 0.3) is 0 Å². The summed E-state index contributed by atoms with van der Waals surface area (Å²) in [6, 6.07) is 44.0. The zero-order chi connectivity index (χ0) is 81.9. The van der Waals surface area contributed by atoms with Crippen LogP contribution in [-0.4, -0.2) is 226 Å². The second-order valence-electron chi connectivity index (χ2n) is 24.5. The number of imidazole rings is 2. The molecule has 11 aromatic rings. The molecule has 0 bridgehead atoms. The Labute approximate surface area is 696 Å². The number of aldehydes is 1. The number of hydrogen-bond acceptors (Lipinski definition) is 25. The minimum absolute atomic E-state index is 0.0274. The van der Waals surface area contributed by atoms with E-state index >= 15 is 0 Å². The van der Waals surface area contributed by atoms with Crippen molar-refractivity contribution in [1.29, 1.82) is 0 Å². The molecule has 3 aliphatic rings. The van der Waals surface area contributed by atoms with Crippen LogP contribution in [0.4, 0.5) is 11.5 Å². The van der Waals surface area contributed by atoms with Gasteiger partial charge in [0.15, 0.2) is 17.6 Å². The van der Waals surface area contributed by atoms with Crippen LogP contribution in [0.15, 0.2) is 197 Å². The van der Waals surface area contributed by atoms with Crippen LogP contribution in [0.25, 0.3) is 45.1 Å². The average molecular weight is 1720 g/mol. The van der Waals surface area contributed by atoms with E-state index in [1.54, 1.807) is 67.0 Å². The first-order chi connectivity index (χ1) is 54.1. The van der Waals surface area contributed by atoms with E-state index in [1.807, 2.05) is 57.7 Å². The number of carbonyl (C=O) groups is 1. The maximum atomic E-state index is 13.2. The number of anilines is 1. The molecule has 4 N–H and O–H groups in total. The third-order valence-electron chi connectivity index (χ3n) is 18.0. The number of piperidine rings is 3. The number of fused-ring (bicyclic) bond motifs is 2. The number of nitrogens with zero attached hydrogens (tertiary/aromatic N) is 11. The molecule has 8 heterocycles. The van der Waals surface area contributed by atoms with Gasteiger partial charge in [-0.1, -0.05) is 71.2 Å². The number of phenols is 3. The molecule has 5 aromatic heterocycles. The Balaban J connectivity index is 0.000000176. The van der Waals surface area contributed by atoms with Gasteiger partial charge >= 0.3 is 67.8 Å². The second kappa shape index (κ2) is 40.8. The van der Waals surface area contributed by atoms with Crippen molar-refractivity contribution in [3.8, 4) is 57.3 Å². The molecular weight excluding hydrogens is 1650 g/mol. The van der Waals surface area contributed by atoms with Crippen LogP contribution >= 0.6 is 34.8 Å². The molecule has 3 aliphatic heterocycles. The first-order valence-electron chi connectivity index (χ1n) is 34.6. The van der Waals surface area contributed by atoms with Crippen molar-refractivity contribution in [3.63, 3.8) is 0 Å². The van der Waals surface area contributed by atoms with Crippen LogP contribution in [0.1, 0.15) is 61.0 Å². The van der Waals surface area contributed by atoms with Crippen molar-refractivity contribution in [3.05, 3.63) is 213 Å². The fraction of sp³-hybridized carbons (Fsp3) is 0.250. The van der Waals surface area contributed by atoms with Gasteiger partial charge in [0, 0.05) is 82.1 Å². The number of carbonyl (C=O) groups excluding carboxylic acids is 1. The molecule has 0 atom stereocenters. The summed E-state index contributed by atoms with van der Waals surface area (Å²) < 4.78 is 139. The number of pyridine rings is 3. The molecule has 586 valence electrons. The van der Waals surface area contributed by atoms with Gasteiger partial charge in [-0.2, -0.15) is 29.8 Å². The number of nitrogens with one attached hydrogen (secondary N) is 1. The van der Waals surface area contributed by atoms with Crippen molar-refractivity contribution in [2.24, 2.45) is 0 Å². The Morgan fingerprint density at radius 1 is 0.496 bits per heavy atom. The fourth-order valence-corrected chi connectivity index (χ4v) is 17.9. The van der Waals surface area contributed by atoms with Crippen LogP contribution < -0.4 is 19.5 Å². The molecule has 0 spiro atoms. The maximum absolute atomic E-state index is 13.2. The summed E-state index contributed by atoms with van der Waals surface area (Å²) in [4.78, 5) is 43.6. The van der Waals surface area contributed by atoms with Crippen LogP contribution in [0.2, 0.25) is 15.1 Å². The summed E-state index contributed by atoms with van der Waals surface area (Å²) in [5.74, 6) is 2.99. The van der Waals surface area contributed by atoms with Gasteiger partial charge in [-0.3, -0.25) is 14.9 Å². The summed E-state index contributed by atoms with van der Waals surface area (Å²) in [6.45, 7) is 1.91. The molecule has 0 amide bonds. The standard InChI is InChI=1S/2C24H23ClN4O4S.C17H19ClN4O5S.C7H6O2.2Na.O4S2/c2*1-33-22-9-8-17(15-19(22)25)34(31,32)28-13-10-16(11-14-28)29-23(18-5-2-3-7-21(18)30)27-20-6-4-12-26-24(20)29;1-27-16-5-4-13(11-14(16)18)28(25,26)21-9-6-12(7-10-21)20-17-15(22(23)24)3-2-8-19-17;8-5-6-3-1-2-4-7(6)9;;;1-5(2)6(3)4/h2*2-9,12,15-16,30H,10-11,13-14H2,1H3;2-5,8,11-12H,6-7,9-10H2,1H3,(H,19,20);1-5,9H;;;. The molecule has 6 aromatic carbocycles. The number of methoxy groups -OCH3 is 3. The van der Waals surface area contributed by atoms with Gasteiger partial charge in [0.1, 0.15) is 57.2 Å². The average Bonchev–Trinajstić information content (AvgIpc) is 1.58. The van der Waals surface area contributed by atoms with E-state index in [1.165, 1.54) is 145 Å². The van der Waals surface area contributed by atoms with E-state index in [4.69, 9.17) is 80.9 Å². The number of rotatable bonds is 17. The predicted octanol–water partition coefficient (Wildman–Crippen LogP) is 11.0. The summed E-state index contributed by atoms with van der Waals surface area (Å²) in [7, 11) is -12.6. The molecule has 41 heteroatoms. The number of halogens is 3. The van der Waals surface area contributed by atoms with E-state index in [0.29, 0.717) is 128 Å². The van der Waals surface area contributed by atoms with E-state index in [0.717, 1.165) is 11.0 Å². The van der Waals surface area contributed by atoms with Gasteiger partial charge in [-0.25, -0.2) is 50.2 Å².